The van der Waals surface area contributed by atoms with Crippen LogP contribution in [0, 0.1) is 11.7 Å². The van der Waals surface area contributed by atoms with Crippen LogP contribution in [0.5, 0.6) is 5.88 Å². The molecule has 0 saturated heterocycles. The molecule has 0 radical (unpaired) electrons. The lowest BCUT2D eigenvalue weighted by atomic mass is 10.4. The van der Waals surface area contributed by atoms with Gasteiger partial charge in [0.05, 0.1) is 7.11 Å². The van der Waals surface area contributed by atoms with Crippen LogP contribution in [0.2, 0.25) is 0 Å². The Balaban J connectivity index is 2.15. The highest BCUT2D eigenvalue weighted by Crippen LogP contribution is 2.33. The number of rotatable bonds is 3. The lowest BCUT2D eigenvalue weighted by Gasteiger charge is -2.03. The third kappa shape index (κ3) is 1.43. The number of nitrogens with zero attached hydrogens (tertiary/aromatic N) is 3. The van der Waals surface area contributed by atoms with Gasteiger partial charge in [-0.3, -0.25) is 0 Å². The average Bonchev–Trinajstić information content (AvgIpc) is 3.05. The molecule has 0 amide bonds. The lowest BCUT2D eigenvalue weighted by Crippen LogP contribution is -1.99. The standard InChI is InChI=1S/C11H12FN3O/c1-16-11-9-8(12)5-15(4-7-2-3-7)10(9)13-6-14-11/h5-7H,2-4H2,1H3. The summed E-state index contributed by atoms with van der Waals surface area (Å²) >= 11 is 0. The van der Waals surface area contributed by atoms with Gasteiger partial charge in [0.2, 0.25) is 5.88 Å². The van der Waals surface area contributed by atoms with Crippen LogP contribution in [0.25, 0.3) is 11.0 Å². The Morgan fingerprint density at radius 1 is 1.50 bits per heavy atom. The molecule has 0 aliphatic heterocycles. The van der Waals surface area contributed by atoms with Crippen molar-refractivity contribution in [1.82, 2.24) is 14.5 Å². The van der Waals surface area contributed by atoms with Gasteiger partial charge in [-0.25, -0.2) is 14.4 Å². The molecule has 5 heteroatoms. The molecular formula is C11H12FN3O. The van der Waals surface area contributed by atoms with Crippen molar-refractivity contribution < 1.29 is 9.13 Å². The monoisotopic (exact) mass is 221 g/mol. The van der Waals surface area contributed by atoms with Crippen LogP contribution >= 0.6 is 0 Å². The number of hydrogen-bond donors (Lipinski definition) is 0. The van der Waals surface area contributed by atoms with Gasteiger partial charge in [0, 0.05) is 12.7 Å². The van der Waals surface area contributed by atoms with Gasteiger partial charge in [-0.05, 0) is 18.8 Å². The first-order valence-electron chi connectivity index (χ1n) is 5.33. The normalized spacial score (nSPS) is 15.6. The van der Waals surface area contributed by atoms with Crippen molar-refractivity contribution in [3.05, 3.63) is 18.3 Å². The maximum Gasteiger partial charge on any atom is 0.228 e. The number of ether oxygens (including phenoxy) is 1. The predicted octanol–water partition coefficient (Wildman–Crippen LogP) is 1.99. The Morgan fingerprint density at radius 2 is 2.31 bits per heavy atom. The van der Waals surface area contributed by atoms with E-state index in [0.717, 1.165) is 6.54 Å². The number of methoxy groups -OCH3 is 1. The first-order valence-corrected chi connectivity index (χ1v) is 5.33. The number of hydrogen-bond acceptors (Lipinski definition) is 3. The zero-order valence-corrected chi connectivity index (χ0v) is 8.98. The van der Waals surface area contributed by atoms with E-state index in [4.69, 9.17) is 4.74 Å². The van der Waals surface area contributed by atoms with Crippen molar-refractivity contribution in [2.45, 2.75) is 19.4 Å². The Labute approximate surface area is 92.1 Å². The van der Waals surface area contributed by atoms with Crippen LogP contribution in [0.4, 0.5) is 4.39 Å². The summed E-state index contributed by atoms with van der Waals surface area (Å²) in [7, 11) is 1.49. The van der Waals surface area contributed by atoms with E-state index in [1.54, 1.807) is 0 Å². The van der Waals surface area contributed by atoms with Crippen LogP contribution < -0.4 is 4.74 Å². The molecule has 2 aromatic rings. The summed E-state index contributed by atoms with van der Waals surface area (Å²) in [5, 5.41) is 0.380. The van der Waals surface area contributed by atoms with Gasteiger partial charge >= 0.3 is 0 Å². The van der Waals surface area contributed by atoms with Gasteiger partial charge in [0.15, 0.2) is 5.82 Å². The van der Waals surface area contributed by atoms with Crippen molar-refractivity contribution >= 4 is 11.0 Å². The van der Waals surface area contributed by atoms with Crippen LogP contribution in [0.3, 0.4) is 0 Å². The van der Waals surface area contributed by atoms with Gasteiger partial charge in [0.25, 0.3) is 0 Å². The maximum atomic E-state index is 13.7. The third-order valence-corrected chi connectivity index (χ3v) is 2.92. The lowest BCUT2D eigenvalue weighted by molar-refractivity contribution is 0.401. The zero-order chi connectivity index (χ0) is 11.1. The SMILES string of the molecule is COc1ncnc2c1c(F)cn2CC1CC1. The Kier molecular flexibility index (Phi) is 2.05. The second kappa shape index (κ2) is 3.43. The molecule has 0 bridgehead atoms. The molecule has 0 aromatic carbocycles. The van der Waals surface area contributed by atoms with E-state index in [1.165, 1.54) is 32.5 Å². The summed E-state index contributed by atoms with van der Waals surface area (Å²) in [5.41, 5.74) is 0.622. The number of fused-ring (bicyclic) bond motifs is 1. The Morgan fingerprint density at radius 3 is 3.00 bits per heavy atom. The van der Waals surface area contributed by atoms with Crippen molar-refractivity contribution in [2.75, 3.05) is 7.11 Å². The molecule has 2 aromatic heterocycles. The molecule has 1 fully saturated rings. The minimum absolute atomic E-state index is 0.303. The summed E-state index contributed by atoms with van der Waals surface area (Å²) in [5.74, 6) is 0.668. The van der Waals surface area contributed by atoms with E-state index in [2.05, 4.69) is 9.97 Å². The van der Waals surface area contributed by atoms with Crippen molar-refractivity contribution in [2.24, 2.45) is 5.92 Å². The number of aromatic nitrogens is 3. The molecule has 3 rings (SSSR count). The molecule has 0 unspecified atom stereocenters. The van der Waals surface area contributed by atoms with Crippen molar-refractivity contribution in [1.29, 1.82) is 0 Å². The molecule has 0 N–H and O–H groups in total. The molecule has 1 aliphatic carbocycles. The highest BCUT2D eigenvalue weighted by Gasteiger charge is 2.24. The van der Waals surface area contributed by atoms with Crippen molar-refractivity contribution in [3.8, 4) is 5.88 Å². The zero-order valence-electron chi connectivity index (χ0n) is 8.98. The summed E-state index contributed by atoms with van der Waals surface area (Å²) < 4.78 is 20.6. The summed E-state index contributed by atoms with van der Waals surface area (Å²) in [6.45, 7) is 0.834. The molecule has 16 heavy (non-hydrogen) atoms. The number of halogens is 1. The third-order valence-electron chi connectivity index (χ3n) is 2.92. The van der Waals surface area contributed by atoms with Crippen LogP contribution in [-0.2, 0) is 6.54 Å². The highest BCUT2D eigenvalue weighted by atomic mass is 19.1. The van der Waals surface area contributed by atoms with E-state index in [9.17, 15) is 4.39 Å². The molecule has 2 heterocycles. The average molecular weight is 221 g/mol. The molecule has 84 valence electrons. The van der Waals surface area contributed by atoms with Crippen molar-refractivity contribution in [3.63, 3.8) is 0 Å². The highest BCUT2D eigenvalue weighted by molar-refractivity contribution is 5.82. The van der Waals surface area contributed by atoms with E-state index in [-0.39, 0.29) is 5.82 Å². The van der Waals surface area contributed by atoms with Gasteiger partial charge in [0.1, 0.15) is 17.4 Å². The molecule has 4 nitrogen and oxygen atoms in total. The minimum Gasteiger partial charge on any atom is -0.480 e. The summed E-state index contributed by atoms with van der Waals surface area (Å²) in [6, 6.07) is 0. The fourth-order valence-corrected chi connectivity index (χ4v) is 1.92. The van der Waals surface area contributed by atoms with Crippen LogP contribution in [0.1, 0.15) is 12.8 Å². The quantitative estimate of drug-likeness (QED) is 0.795. The molecule has 0 spiro atoms. The van der Waals surface area contributed by atoms with Gasteiger partial charge in [-0.2, -0.15) is 0 Å². The molecule has 0 atom stereocenters. The maximum absolute atomic E-state index is 13.7. The minimum atomic E-state index is -0.312. The Bertz CT molecular complexity index is 533. The largest absolute Gasteiger partial charge is 0.480 e. The second-order valence-corrected chi connectivity index (χ2v) is 4.15. The van der Waals surface area contributed by atoms with E-state index in [1.807, 2.05) is 4.57 Å². The molecule has 1 saturated carbocycles. The fraction of sp³-hybridized carbons (Fsp3) is 0.455. The Hall–Kier alpha value is -1.65. The predicted molar refractivity (Wildman–Crippen MR) is 56.8 cm³/mol. The van der Waals surface area contributed by atoms with Gasteiger partial charge < -0.3 is 9.30 Å². The van der Waals surface area contributed by atoms with Crippen LogP contribution in [0.15, 0.2) is 12.5 Å². The molecular weight excluding hydrogens is 209 g/mol. The van der Waals surface area contributed by atoms with Gasteiger partial charge in [-0.1, -0.05) is 0 Å². The first kappa shape index (κ1) is 9.57. The van der Waals surface area contributed by atoms with Gasteiger partial charge in [-0.15, -0.1) is 0 Å². The van der Waals surface area contributed by atoms with E-state index in [0.29, 0.717) is 22.8 Å². The smallest absolute Gasteiger partial charge is 0.228 e. The van der Waals surface area contributed by atoms with E-state index < -0.39 is 0 Å². The fourth-order valence-electron chi connectivity index (χ4n) is 1.92. The summed E-state index contributed by atoms with van der Waals surface area (Å²) in [6.07, 6.45) is 5.34. The van der Waals surface area contributed by atoms with Crippen LogP contribution in [-0.4, -0.2) is 21.6 Å². The van der Waals surface area contributed by atoms with E-state index >= 15 is 0 Å². The topological polar surface area (TPSA) is 39.9 Å². The summed E-state index contributed by atoms with van der Waals surface area (Å²) in [4.78, 5) is 8.03. The second-order valence-electron chi connectivity index (χ2n) is 4.15. The first-order chi connectivity index (χ1) is 7.79. The molecule has 1 aliphatic rings.